The van der Waals surface area contributed by atoms with Crippen LogP contribution in [0.25, 0.3) is 0 Å². The first-order valence-electron chi connectivity index (χ1n) is 8.20. The third kappa shape index (κ3) is 3.86. The molecule has 0 fully saturated rings. The zero-order chi connectivity index (χ0) is 16.9. The third-order valence-electron chi connectivity index (χ3n) is 4.37. The number of nitrogens with one attached hydrogen (secondary N) is 1. The second kappa shape index (κ2) is 7.36. The Kier molecular flexibility index (Phi) is 5.01. The predicted octanol–water partition coefficient (Wildman–Crippen LogP) is 1.83. The van der Waals surface area contributed by atoms with Crippen LogP contribution in [0.2, 0.25) is 0 Å². The Morgan fingerprint density at radius 2 is 1.79 bits per heavy atom. The summed E-state index contributed by atoms with van der Waals surface area (Å²) in [5, 5.41) is 0. The topological polar surface area (TPSA) is 67.6 Å². The van der Waals surface area contributed by atoms with Gasteiger partial charge in [-0.25, -0.2) is 5.84 Å². The Balaban J connectivity index is 1.60. The molecule has 1 heterocycles. The number of hydrogen-bond acceptors (Lipinski definition) is 4. The molecule has 0 unspecified atom stereocenters. The van der Waals surface area contributed by atoms with E-state index >= 15 is 0 Å². The highest BCUT2D eigenvalue weighted by atomic mass is 16.5. The molecule has 0 atom stereocenters. The summed E-state index contributed by atoms with van der Waals surface area (Å²) in [5.74, 6) is 5.90. The fraction of sp³-hybridized carbons (Fsp3) is 0.316. The molecule has 0 spiro atoms. The summed E-state index contributed by atoms with van der Waals surface area (Å²) in [4.78, 5) is 13.5. The number of hydrogen-bond donors (Lipinski definition) is 2. The standard InChI is InChI=1S/C19H23N3O2/c1-22-10-11-24-18-12-15(8-9-17(18)22)5-2-14-3-6-16(7-4-14)13-19(23)21-20/h3-4,6-9,12H,2,5,10-11,13,20H2,1H3,(H,21,23). The Bertz CT molecular complexity index is 713. The maximum absolute atomic E-state index is 11.3. The third-order valence-corrected chi connectivity index (χ3v) is 4.37. The number of benzene rings is 2. The van der Waals surface area contributed by atoms with Crippen LogP contribution in [0.4, 0.5) is 5.69 Å². The molecule has 0 saturated heterocycles. The van der Waals surface area contributed by atoms with E-state index in [1.54, 1.807) is 0 Å². The van der Waals surface area contributed by atoms with Crippen molar-refractivity contribution in [2.24, 2.45) is 5.84 Å². The molecule has 3 N–H and O–H groups in total. The first-order chi connectivity index (χ1) is 11.7. The summed E-state index contributed by atoms with van der Waals surface area (Å²) in [6, 6.07) is 14.6. The van der Waals surface area contributed by atoms with Gasteiger partial charge in [0.25, 0.3) is 0 Å². The number of nitrogens with zero attached hydrogens (tertiary/aromatic N) is 1. The summed E-state index contributed by atoms with van der Waals surface area (Å²) < 4.78 is 5.76. The number of ether oxygens (including phenoxy) is 1. The number of carbonyl (C=O) groups is 1. The van der Waals surface area contributed by atoms with Gasteiger partial charge >= 0.3 is 0 Å². The minimum absolute atomic E-state index is 0.179. The number of aryl methyl sites for hydroxylation is 2. The molecule has 126 valence electrons. The molecule has 1 aliphatic rings. The highest BCUT2D eigenvalue weighted by Gasteiger charge is 2.14. The van der Waals surface area contributed by atoms with E-state index in [0.717, 1.165) is 43.0 Å². The van der Waals surface area contributed by atoms with Gasteiger partial charge in [0.1, 0.15) is 12.4 Å². The molecule has 5 heteroatoms. The highest BCUT2D eigenvalue weighted by molar-refractivity contribution is 5.77. The van der Waals surface area contributed by atoms with Crippen LogP contribution < -0.4 is 20.9 Å². The van der Waals surface area contributed by atoms with Crippen molar-refractivity contribution >= 4 is 11.6 Å². The number of nitrogens with two attached hydrogens (primary N) is 1. The van der Waals surface area contributed by atoms with Crippen LogP contribution in [-0.4, -0.2) is 26.1 Å². The molecule has 0 saturated carbocycles. The average Bonchev–Trinajstić information content (AvgIpc) is 2.61. The molecule has 1 amide bonds. The van der Waals surface area contributed by atoms with Gasteiger partial charge in [0.15, 0.2) is 0 Å². The van der Waals surface area contributed by atoms with Gasteiger partial charge in [-0.3, -0.25) is 10.2 Å². The van der Waals surface area contributed by atoms with Crippen LogP contribution in [-0.2, 0) is 24.1 Å². The maximum Gasteiger partial charge on any atom is 0.238 e. The van der Waals surface area contributed by atoms with E-state index in [1.807, 2.05) is 12.1 Å². The lowest BCUT2D eigenvalue weighted by atomic mass is 10.0. The lowest BCUT2D eigenvalue weighted by Gasteiger charge is -2.28. The normalized spacial score (nSPS) is 13.2. The van der Waals surface area contributed by atoms with Gasteiger partial charge in [-0.05, 0) is 41.7 Å². The van der Waals surface area contributed by atoms with Crippen LogP contribution in [0.5, 0.6) is 5.75 Å². The van der Waals surface area contributed by atoms with Crippen LogP contribution in [0, 0.1) is 0 Å². The molecule has 0 radical (unpaired) electrons. The molecule has 2 aromatic rings. The second-order valence-electron chi connectivity index (χ2n) is 6.13. The van der Waals surface area contributed by atoms with Gasteiger partial charge in [0, 0.05) is 7.05 Å². The van der Waals surface area contributed by atoms with E-state index in [9.17, 15) is 4.79 Å². The smallest absolute Gasteiger partial charge is 0.238 e. The summed E-state index contributed by atoms with van der Waals surface area (Å²) in [6.07, 6.45) is 2.23. The quantitative estimate of drug-likeness (QED) is 0.500. The Morgan fingerprint density at radius 3 is 2.54 bits per heavy atom. The Hall–Kier alpha value is -2.53. The zero-order valence-corrected chi connectivity index (χ0v) is 13.9. The minimum atomic E-state index is -0.179. The van der Waals surface area contributed by atoms with Crippen molar-refractivity contribution in [3.8, 4) is 5.75 Å². The number of fused-ring (bicyclic) bond motifs is 1. The van der Waals surface area contributed by atoms with Crippen molar-refractivity contribution in [3.05, 3.63) is 59.2 Å². The summed E-state index contributed by atoms with van der Waals surface area (Å²) >= 11 is 0. The largest absolute Gasteiger partial charge is 0.490 e. The number of rotatable bonds is 5. The first kappa shape index (κ1) is 16.3. The summed E-state index contributed by atoms with van der Waals surface area (Å²) in [7, 11) is 2.09. The van der Waals surface area contributed by atoms with Gasteiger partial charge in [0.2, 0.25) is 5.91 Å². The lowest BCUT2D eigenvalue weighted by molar-refractivity contribution is -0.120. The molecular formula is C19H23N3O2. The van der Waals surface area contributed by atoms with Crippen LogP contribution >= 0.6 is 0 Å². The van der Waals surface area contributed by atoms with Crippen LogP contribution in [0.3, 0.4) is 0 Å². The van der Waals surface area contributed by atoms with E-state index in [4.69, 9.17) is 10.6 Å². The van der Waals surface area contributed by atoms with E-state index < -0.39 is 0 Å². The van der Waals surface area contributed by atoms with E-state index in [-0.39, 0.29) is 5.91 Å². The van der Waals surface area contributed by atoms with Crippen LogP contribution in [0.1, 0.15) is 16.7 Å². The average molecular weight is 325 g/mol. The van der Waals surface area contributed by atoms with E-state index in [0.29, 0.717) is 6.42 Å². The zero-order valence-electron chi connectivity index (χ0n) is 13.9. The van der Waals surface area contributed by atoms with Crippen molar-refractivity contribution < 1.29 is 9.53 Å². The van der Waals surface area contributed by atoms with Gasteiger partial charge in [-0.15, -0.1) is 0 Å². The van der Waals surface area contributed by atoms with Gasteiger partial charge in [-0.1, -0.05) is 30.3 Å². The molecular weight excluding hydrogens is 302 g/mol. The number of hydrazine groups is 1. The monoisotopic (exact) mass is 325 g/mol. The lowest BCUT2D eigenvalue weighted by Crippen LogP contribution is -2.31. The molecule has 0 aliphatic carbocycles. The van der Waals surface area contributed by atoms with Gasteiger partial charge in [-0.2, -0.15) is 0 Å². The van der Waals surface area contributed by atoms with E-state index in [2.05, 4.69) is 47.7 Å². The minimum Gasteiger partial charge on any atom is -0.490 e. The molecule has 5 nitrogen and oxygen atoms in total. The SMILES string of the molecule is CN1CCOc2cc(CCc3ccc(CC(=O)NN)cc3)ccc21. The van der Waals surface area contributed by atoms with E-state index in [1.165, 1.54) is 11.1 Å². The van der Waals surface area contributed by atoms with Crippen molar-refractivity contribution in [2.45, 2.75) is 19.3 Å². The van der Waals surface area contributed by atoms with Crippen molar-refractivity contribution in [2.75, 3.05) is 25.1 Å². The van der Waals surface area contributed by atoms with Gasteiger partial charge in [0.05, 0.1) is 18.7 Å². The fourth-order valence-corrected chi connectivity index (χ4v) is 2.91. The highest BCUT2D eigenvalue weighted by Crippen LogP contribution is 2.31. The Morgan fingerprint density at radius 1 is 1.12 bits per heavy atom. The number of likely N-dealkylation sites (N-methyl/N-ethyl adjacent to an activating group) is 1. The predicted molar refractivity (Wildman–Crippen MR) is 95.1 cm³/mol. The number of carbonyl (C=O) groups excluding carboxylic acids is 1. The van der Waals surface area contributed by atoms with Crippen LogP contribution in [0.15, 0.2) is 42.5 Å². The molecule has 2 aromatic carbocycles. The van der Waals surface area contributed by atoms with Gasteiger partial charge < -0.3 is 9.64 Å². The summed E-state index contributed by atoms with van der Waals surface area (Å²) in [5.41, 5.74) is 6.80. The molecule has 3 rings (SSSR count). The number of anilines is 1. The fourth-order valence-electron chi connectivity index (χ4n) is 2.91. The number of amides is 1. The Labute approximate surface area is 142 Å². The molecule has 24 heavy (non-hydrogen) atoms. The molecule has 0 bridgehead atoms. The van der Waals surface area contributed by atoms with Crippen molar-refractivity contribution in [3.63, 3.8) is 0 Å². The summed E-state index contributed by atoms with van der Waals surface area (Å²) in [6.45, 7) is 1.67. The maximum atomic E-state index is 11.3. The van der Waals surface area contributed by atoms with Crippen molar-refractivity contribution in [1.82, 2.24) is 5.43 Å². The second-order valence-corrected chi connectivity index (χ2v) is 6.13. The first-order valence-corrected chi connectivity index (χ1v) is 8.20. The molecule has 0 aromatic heterocycles. The molecule has 1 aliphatic heterocycles. The van der Waals surface area contributed by atoms with Crippen molar-refractivity contribution in [1.29, 1.82) is 0 Å².